The van der Waals surface area contributed by atoms with Crippen LogP contribution in [0.3, 0.4) is 0 Å². The average Bonchev–Trinajstić information content (AvgIpc) is 2.18. The molecule has 16 heavy (non-hydrogen) atoms. The fourth-order valence-electron chi connectivity index (χ4n) is 1.19. The molecule has 0 fully saturated rings. The molecule has 4 nitrogen and oxygen atoms in total. The number of ether oxygens (including phenoxy) is 1. The van der Waals surface area contributed by atoms with Crippen LogP contribution in [0.2, 0.25) is 0 Å². The maximum atomic E-state index is 11.8. The Morgan fingerprint density at radius 2 is 1.81 bits per heavy atom. The lowest BCUT2D eigenvalue weighted by molar-refractivity contribution is 0.190. The third-order valence-corrected chi connectivity index (χ3v) is 4.13. The van der Waals surface area contributed by atoms with Gasteiger partial charge in [0.05, 0.1) is 0 Å². The molecule has 90 valence electrons. The molecular formula is C11H17NO3S. The van der Waals surface area contributed by atoms with E-state index in [4.69, 9.17) is 4.74 Å². The van der Waals surface area contributed by atoms with Crippen LogP contribution in [0, 0.1) is 0 Å². The molecule has 0 saturated carbocycles. The average molecular weight is 243 g/mol. The molecule has 0 unspecified atom stereocenters. The molecule has 1 N–H and O–H groups in total. The van der Waals surface area contributed by atoms with E-state index in [0.29, 0.717) is 12.3 Å². The molecule has 0 bridgehead atoms. The normalized spacial score (nSPS) is 12.4. The lowest BCUT2D eigenvalue weighted by Crippen LogP contribution is -2.45. The van der Waals surface area contributed by atoms with Crippen LogP contribution < -0.4 is 9.46 Å². The Balaban J connectivity index is 2.88. The predicted molar refractivity (Wildman–Crippen MR) is 63.7 cm³/mol. The molecule has 1 aromatic carbocycles. The van der Waals surface area contributed by atoms with E-state index in [1.54, 1.807) is 31.2 Å². The van der Waals surface area contributed by atoms with Gasteiger partial charge in [-0.25, -0.2) is 13.1 Å². The molecule has 0 aliphatic carbocycles. The summed E-state index contributed by atoms with van der Waals surface area (Å²) in [5.74, 6) is 0.536. The van der Waals surface area contributed by atoms with E-state index in [9.17, 15) is 8.42 Å². The fraction of sp³-hybridized carbons (Fsp3) is 0.455. The van der Waals surface area contributed by atoms with E-state index in [1.807, 2.05) is 6.07 Å². The van der Waals surface area contributed by atoms with E-state index < -0.39 is 15.0 Å². The predicted octanol–water partition coefficient (Wildman–Crippen LogP) is 1.74. The molecular weight excluding hydrogens is 226 g/mol. The maximum Gasteiger partial charge on any atom is 0.252 e. The molecule has 1 aromatic rings. The van der Waals surface area contributed by atoms with Crippen LogP contribution in [0.25, 0.3) is 0 Å². The summed E-state index contributed by atoms with van der Waals surface area (Å²) in [5, 5.41) is 0. The minimum absolute atomic E-state index is 0.351. The number of nitrogens with one attached hydrogen (secondary N) is 1. The molecule has 0 radical (unpaired) electrons. The molecule has 1 rings (SSSR count). The van der Waals surface area contributed by atoms with Crippen molar-refractivity contribution in [3.63, 3.8) is 0 Å². The number of para-hydroxylation sites is 1. The van der Waals surface area contributed by atoms with Gasteiger partial charge in [0.15, 0.2) is 0 Å². The third-order valence-electron chi connectivity index (χ3n) is 2.09. The van der Waals surface area contributed by atoms with E-state index in [1.165, 1.54) is 13.8 Å². The van der Waals surface area contributed by atoms with Gasteiger partial charge in [-0.15, -0.1) is 0 Å². The third kappa shape index (κ3) is 2.96. The van der Waals surface area contributed by atoms with Crippen LogP contribution in [0.4, 0.5) is 0 Å². The van der Waals surface area contributed by atoms with Crippen molar-refractivity contribution in [2.24, 2.45) is 0 Å². The summed E-state index contributed by atoms with van der Waals surface area (Å²) < 4.78 is 31.5. The highest BCUT2D eigenvalue weighted by molar-refractivity contribution is 7.90. The first-order chi connectivity index (χ1) is 7.39. The Morgan fingerprint density at radius 3 is 2.31 bits per heavy atom. The largest absolute Gasteiger partial charge is 0.471 e. The first kappa shape index (κ1) is 13.0. The molecule has 0 aliphatic heterocycles. The second-order valence-corrected chi connectivity index (χ2v) is 6.09. The standard InChI is InChI=1S/C11H17NO3S/c1-4-12-16(13,14)11(2,3)15-10-8-6-5-7-9-10/h5-9,12H,4H2,1-3H3. The lowest BCUT2D eigenvalue weighted by Gasteiger charge is -2.26. The van der Waals surface area contributed by atoms with E-state index in [2.05, 4.69) is 4.72 Å². The van der Waals surface area contributed by atoms with Crippen LogP contribution in [-0.2, 0) is 10.0 Å². The number of hydrogen-bond donors (Lipinski definition) is 1. The molecule has 0 aromatic heterocycles. The Hall–Kier alpha value is -1.07. The quantitative estimate of drug-likeness (QED) is 0.857. The summed E-state index contributed by atoms with van der Waals surface area (Å²) in [7, 11) is -3.48. The zero-order valence-electron chi connectivity index (χ0n) is 9.73. The summed E-state index contributed by atoms with van der Waals surface area (Å²) >= 11 is 0. The van der Waals surface area contributed by atoms with Gasteiger partial charge in [0.25, 0.3) is 10.0 Å². The van der Waals surface area contributed by atoms with Crippen molar-refractivity contribution < 1.29 is 13.2 Å². The van der Waals surface area contributed by atoms with Crippen LogP contribution in [0.15, 0.2) is 30.3 Å². The number of hydrogen-bond acceptors (Lipinski definition) is 3. The lowest BCUT2D eigenvalue weighted by atomic mass is 10.3. The van der Waals surface area contributed by atoms with Crippen molar-refractivity contribution in [3.8, 4) is 5.75 Å². The van der Waals surface area contributed by atoms with Gasteiger partial charge in [0, 0.05) is 6.54 Å². The summed E-state index contributed by atoms with van der Waals surface area (Å²) in [5.41, 5.74) is 0. The number of rotatable bonds is 5. The van der Waals surface area contributed by atoms with Crippen molar-refractivity contribution >= 4 is 10.0 Å². The second kappa shape index (κ2) is 4.84. The van der Waals surface area contributed by atoms with Crippen LogP contribution in [-0.4, -0.2) is 19.9 Å². The van der Waals surface area contributed by atoms with Crippen LogP contribution in [0.5, 0.6) is 5.75 Å². The summed E-state index contributed by atoms with van der Waals surface area (Å²) in [6.07, 6.45) is 0. The second-order valence-electron chi connectivity index (χ2n) is 3.82. The van der Waals surface area contributed by atoms with Gasteiger partial charge in [0.1, 0.15) is 5.75 Å². The number of sulfonamides is 1. The van der Waals surface area contributed by atoms with Crippen molar-refractivity contribution in [1.82, 2.24) is 4.72 Å². The highest BCUT2D eigenvalue weighted by Gasteiger charge is 2.35. The van der Waals surface area contributed by atoms with Crippen molar-refractivity contribution in [2.45, 2.75) is 25.7 Å². The summed E-state index contributed by atoms with van der Waals surface area (Å²) in [6, 6.07) is 8.89. The zero-order chi connectivity index (χ0) is 12.2. The first-order valence-corrected chi connectivity index (χ1v) is 6.60. The van der Waals surface area contributed by atoms with Gasteiger partial charge in [-0.1, -0.05) is 25.1 Å². The van der Waals surface area contributed by atoms with Gasteiger partial charge in [0.2, 0.25) is 4.93 Å². The topological polar surface area (TPSA) is 55.4 Å². The van der Waals surface area contributed by atoms with E-state index >= 15 is 0 Å². The minimum Gasteiger partial charge on any atom is -0.471 e. The Bertz CT molecular complexity index is 426. The van der Waals surface area contributed by atoms with Crippen molar-refractivity contribution in [3.05, 3.63) is 30.3 Å². The smallest absolute Gasteiger partial charge is 0.252 e. The maximum absolute atomic E-state index is 11.8. The van der Waals surface area contributed by atoms with Crippen molar-refractivity contribution in [1.29, 1.82) is 0 Å². The highest BCUT2D eigenvalue weighted by atomic mass is 32.2. The summed E-state index contributed by atoms with van der Waals surface area (Å²) in [4.78, 5) is -1.29. The van der Waals surface area contributed by atoms with E-state index in [-0.39, 0.29) is 0 Å². The minimum atomic E-state index is -3.48. The molecule has 0 aliphatic rings. The Morgan fingerprint density at radius 1 is 1.25 bits per heavy atom. The van der Waals surface area contributed by atoms with Crippen molar-refractivity contribution in [2.75, 3.05) is 6.54 Å². The summed E-state index contributed by atoms with van der Waals surface area (Å²) in [6.45, 7) is 5.13. The van der Waals surface area contributed by atoms with Gasteiger partial charge in [-0.2, -0.15) is 0 Å². The van der Waals surface area contributed by atoms with Gasteiger partial charge < -0.3 is 4.74 Å². The molecule has 0 atom stereocenters. The first-order valence-electron chi connectivity index (χ1n) is 5.12. The molecule has 0 heterocycles. The van der Waals surface area contributed by atoms with E-state index in [0.717, 1.165) is 0 Å². The van der Waals surface area contributed by atoms with Gasteiger partial charge >= 0.3 is 0 Å². The Kier molecular flexibility index (Phi) is 3.93. The molecule has 0 spiro atoms. The fourth-order valence-corrected chi connectivity index (χ4v) is 2.12. The molecule has 0 amide bonds. The molecule has 5 heteroatoms. The van der Waals surface area contributed by atoms with Gasteiger partial charge in [-0.05, 0) is 26.0 Å². The SMILES string of the molecule is CCNS(=O)(=O)C(C)(C)Oc1ccccc1. The Labute approximate surface area is 96.7 Å². The van der Waals surface area contributed by atoms with Gasteiger partial charge in [-0.3, -0.25) is 0 Å². The van der Waals surface area contributed by atoms with Crippen LogP contribution in [0.1, 0.15) is 20.8 Å². The highest BCUT2D eigenvalue weighted by Crippen LogP contribution is 2.21. The monoisotopic (exact) mass is 243 g/mol. The number of benzene rings is 1. The molecule has 0 saturated heterocycles. The zero-order valence-corrected chi connectivity index (χ0v) is 10.5. The van der Waals surface area contributed by atoms with Crippen LogP contribution >= 0.6 is 0 Å².